The summed E-state index contributed by atoms with van der Waals surface area (Å²) in [5, 5.41) is 0. The largest absolute Gasteiger partial charge is 0.469 e. The molecule has 4 rings (SSSR count). The number of carbonyl (C=O) groups excluding carboxylic acids is 3. The van der Waals surface area contributed by atoms with Crippen molar-refractivity contribution in [3.63, 3.8) is 0 Å². The van der Waals surface area contributed by atoms with E-state index in [-0.39, 0.29) is 34.8 Å². The molecule has 0 radical (unpaired) electrons. The third-order valence-electron chi connectivity index (χ3n) is 10.5. The normalized spacial score (nSPS) is 44.1. The molecule has 4 aliphatic rings. The maximum absolute atomic E-state index is 13.6. The predicted octanol–water partition coefficient (Wildman–Crippen LogP) is 5.35. The Morgan fingerprint density at radius 2 is 1.75 bits per heavy atom. The van der Waals surface area contributed by atoms with E-state index in [2.05, 4.69) is 20.8 Å². The number of ketones is 1. The number of Topliss-reactive ketones (excluding diaryl/α,β-unsaturated/α-hetero) is 1. The molecule has 0 aromatic carbocycles. The van der Waals surface area contributed by atoms with Gasteiger partial charge in [-0.1, -0.05) is 20.8 Å². The smallest absolute Gasteiger partial charge is 0.305 e. The van der Waals surface area contributed by atoms with Crippen LogP contribution >= 0.6 is 0 Å². The summed E-state index contributed by atoms with van der Waals surface area (Å²) in [4.78, 5) is 36.8. The summed E-state index contributed by atoms with van der Waals surface area (Å²) in [6.45, 7) is 8.66. The summed E-state index contributed by atoms with van der Waals surface area (Å²) in [6.07, 6.45) is 9.49. The molecule has 0 amide bonds. The molecule has 0 aliphatic heterocycles. The van der Waals surface area contributed by atoms with Gasteiger partial charge in [-0.2, -0.15) is 0 Å². The van der Waals surface area contributed by atoms with Gasteiger partial charge in [0.1, 0.15) is 11.9 Å². The standard InChI is InChI=1S/C27H42O5/c1-16(6-9-24(30)31-5)20-7-8-21-25-22(11-13-27(20,21)4)26(3)12-10-19(32-17(2)28)14-18(26)15-23(25)29/h16,18-22,25H,6-15H2,1-5H3/t16-,18+,19-,20?,21+,22+,25+,26+,27-/m1/s1. The molecular weight excluding hydrogens is 404 g/mol. The van der Waals surface area contributed by atoms with Gasteiger partial charge in [0.15, 0.2) is 0 Å². The van der Waals surface area contributed by atoms with Crippen LogP contribution in [-0.4, -0.2) is 30.9 Å². The van der Waals surface area contributed by atoms with E-state index in [0.29, 0.717) is 48.2 Å². The van der Waals surface area contributed by atoms with Crippen LogP contribution in [0.25, 0.3) is 0 Å². The lowest BCUT2D eigenvalue weighted by atomic mass is 9.44. The number of ether oxygens (including phenoxy) is 2. The third-order valence-corrected chi connectivity index (χ3v) is 10.5. The lowest BCUT2D eigenvalue weighted by Gasteiger charge is -2.60. The van der Waals surface area contributed by atoms with E-state index in [1.165, 1.54) is 26.9 Å². The van der Waals surface area contributed by atoms with Crippen molar-refractivity contribution < 1.29 is 23.9 Å². The quantitative estimate of drug-likeness (QED) is 0.533. The lowest BCUT2D eigenvalue weighted by Crippen LogP contribution is -2.57. The lowest BCUT2D eigenvalue weighted by molar-refractivity contribution is -0.168. The van der Waals surface area contributed by atoms with E-state index >= 15 is 0 Å². The van der Waals surface area contributed by atoms with Crippen molar-refractivity contribution in [3.8, 4) is 0 Å². The monoisotopic (exact) mass is 446 g/mol. The molecule has 0 N–H and O–H groups in total. The van der Waals surface area contributed by atoms with E-state index in [9.17, 15) is 14.4 Å². The van der Waals surface area contributed by atoms with Gasteiger partial charge in [0.25, 0.3) is 0 Å². The summed E-state index contributed by atoms with van der Waals surface area (Å²) in [6, 6.07) is 0. The Morgan fingerprint density at radius 1 is 1.06 bits per heavy atom. The van der Waals surface area contributed by atoms with Crippen LogP contribution < -0.4 is 0 Å². The average molecular weight is 447 g/mol. The van der Waals surface area contributed by atoms with Crippen LogP contribution in [0.4, 0.5) is 0 Å². The van der Waals surface area contributed by atoms with Crippen molar-refractivity contribution in [2.24, 2.45) is 46.3 Å². The first-order valence-electron chi connectivity index (χ1n) is 12.9. The number of methoxy groups -OCH3 is 1. The van der Waals surface area contributed by atoms with Crippen LogP contribution in [0.1, 0.15) is 91.9 Å². The van der Waals surface area contributed by atoms with Gasteiger partial charge in [-0.05, 0) is 91.8 Å². The molecule has 0 saturated heterocycles. The van der Waals surface area contributed by atoms with Crippen LogP contribution in [0.5, 0.6) is 0 Å². The fourth-order valence-electron chi connectivity index (χ4n) is 8.86. The number of esters is 2. The van der Waals surface area contributed by atoms with Crippen molar-refractivity contribution in [3.05, 3.63) is 0 Å². The molecule has 4 fully saturated rings. The van der Waals surface area contributed by atoms with Crippen molar-refractivity contribution in [1.82, 2.24) is 0 Å². The van der Waals surface area contributed by atoms with Crippen molar-refractivity contribution in [1.29, 1.82) is 0 Å². The second-order valence-electron chi connectivity index (χ2n) is 11.9. The molecular formula is C27H42O5. The highest BCUT2D eigenvalue weighted by Crippen LogP contribution is 2.67. The second kappa shape index (κ2) is 8.76. The number of hydrogen-bond donors (Lipinski definition) is 0. The summed E-state index contributed by atoms with van der Waals surface area (Å²) in [5.74, 6) is 2.68. The van der Waals surface area contributed by atoms with Crippen molar-refractivity contribution in [2.45, 2.75) is 98.0 Å². The Balaban J connectivity index is 1.50. The van der Waals surface area contributed by atoms with Crippen LogP contribution in [0.15, 0.2) is 0 Å². The van der Waals surface area contributed by atoms with Crippen LogP contribution in [0.3, 0.4) is 0 Å². The molecule has 0 aromatic heterocycles. The van der Waals surface area contributed by atoms with Gasteiger partial charge in [0.05, 0.1) is 7.11 Å². The van der Waals surface area contributed by atoms with Gasteiger partial charge < -0.3 is 9.47 Å². The van der Waals surface area contributed by atoms with E-state index in [0.717, 1.165) is 38.5 Å². The van der Waals surface area contributed by atoms with Crippen molar-refractivity contribution >= 4 is 17.7 Å². The molecule has 32 heavy (non-hydrogen) atoms. The van der Waals surface area contributed by atoms with Crippen LogP contribution in [0, 0.1) is 46.3 Å². The SMILES string of the molecule is COC(=O)CC[C@@H](C)C1CC[C@H]2[C@@H]3C(=O)C[C@@H]4C[C@H](OC(C)=O)CC[C@]4(C)[C@H]3CC[C@]12C. The number of fused-ring (bicyclic) bond motifs is 5. The van der Waals surface area contributed by atoms with Gasteiger partial charge in [0.2, 0.25) is 0 Å². The fourth-order valence-corrected chi connectivity index (χ4v) is 8.86. The molecule has 5 heteroatoms. The first-order valence-corrected chi connectivity index (χ1v) is 12.9. The molecule has 0 spiro atoms. The van der Waals surface area contributed by atoms with Gasteiger partial charge in [-0.15, -0.1) is 0 Å². The van der Waals surface area contributed by atoms with Crippen LogP contribution in [-0.2, 0) is 23.9 Å². The minimum atomic E-state index is -0.203. The minimum Gasteiger partial charge on any atom is -0.469 e. The molecule has 180 valence electrons. The molecule has 9 atom stereocenters. The van der Waals surface area contributed by atoms with E-state index in [1.807, 2.05) is 0 Å². The Bertz CT molecular complexity index is 761. The Hall–Kier alpha value is -1.39. The topological polar surface area (TPSA) is 69.7 Å². The van der Waals surface area contributed by atoms with Gasteiger partial charge in [-0.25, -0.2) is 0 Å². The zero-order valence-corrected chi connectivity index (χ0v) is 20.7. The Labute approximate surface area is 193 Å². The molecule has 0 aromatic rings. The molecule has 0 heterocycles. The maximum Gasteiger partial charge on any atom is 0.305 e. The summed E-state index contributed by atoms with van der Waals surface area (Å²) < 4.78 is 10.4. The highest BCUT2D eigenvalue weighted by Gasteiger charge is 2.63. The number of rotatable bonds is 5. The van der Waals surface area contributed by atoms with Crippen LogP contribution in [0.2, 0.25) is 0 Å². The van der Waals surface area contributed by atoms with Gasteiger partial charge in [-0.3, -0.25) is 14.4 Å². The number of carbonyl (C=O) groups is 3. The Morgan fingerprint density at radius 3 is 2.44 bits per heavy atom. The van der Waals surface area contributed by atoms with E-state index in [1.54, 1.807) is 0 Å². The summed E-state index contributed by atoms with van der Waals surface area (Å²) >= 11 is 0. The van der Waals surface area contributed by atoms with Gasteiger partial charge >= 0.3 is 11.9 Å². The third kappa shape index (κ3) is 3.92. The highest BCUT2D eigenvalue weighted by atomic mass is 16.5. The van der Waals surface area contributed by atoms with E-state index in [4.69, 9.17) is 9.47 Å². The maximum atomic E-state index is 13.6. The summed E-state index contributed by atoms with van der Waals surface area (Å²) in [7, 11) is 1.46. The number of hydrogen-bond acceptors (Lipinski definition) is 5. The molecule has 5 nitrogen and oxygen atoms in total. The van der Waals surface area contributed by atoms with Crippen molar-refractivity contribution in [2.75, 3.05) is 7.11 Å². The zero-order valence-electron chi connectivity index (χ0n) is 20.7. The second-order valence-corrected chi connectivity index (χ2v) is 11.9. The first kappa shape index (κ1) is 23.8. The average Bonchev–Trinajstić information content (AvgIpc) is 3.09. The summed E-state index contributed by atoms with van der Waals surface area (Å²) in [5.41, 5.74) is 0.385. The molecule has 4 aliphatic carbocycles. The molecule has 1 unspecified atom stereocenters. The molecule has 4 saturated carbocycles. The Kier molecular flexibility index (Phi) is 6.50. The van der Waals surface area contributed by atoms with Gasteiger partial charge in [0, 0.05) is 25.7 Å². The predicted molar refractivity (Wildman–Crippen MR) is 122 cm³/mol. The highest BCUT2D eigenvalue weighted by molar-refractivity contribution is 5.83. The van der Waals surface area contributed by atoms with E-state index < -0.39 is 0 Å². The first-order chi connectivity index (χ1) is 15.1. The minimum absolute atomic E-state index is 0.0182. The fraction of sp³-hybridized carbons (Fsp3) is 0.889. The molecule has 0 bridgehead atoms. The zero-order chi connectivity index (χ0) is 23.3.